The van der Waals surface area contributed by atoms with Crippen molar-refractivity contribution in [2.45, 2.75) is 51.6 Å². The second kappa shape index (κ2) is 5.31. The van der Waals surface area contributed by atoms with Gasteiger partial charge in [0.05, 0.1) is 5.69 Å². The zero-order valence-corrected chi connectivity index (χ0v) is 9.41. The van der Waals surface area contributed by atoms with Gasteiger partial charge in [0.25, 0.3) is 0 Å². The first-order valence-electron chi connectivity index (χ1n) is 5.99. The molecular formula is C12H20N2O. The number of rotatable bonds is 4. The van der Waals surface area contributed by atoms with Crippen molar-refractivity contribution in [3.05, 3.63) is 18.0 Å². The van der Waals surface area contributed by atoms with Crippen molar-refractivity contribution in [3.8, 4) is 0 Å². The van der Waals surface area contributed by atoms with Crippen LogP contribution in [0, 0.1) is 5.92 Å². The Morgan fingerprint density at radius 2 is 2.27 bits per heavy atom. The van der Waals surface area contributed by atoms with Crippen LogP contribution in [0.1, 0.15) is 44.7 Å². The van der Waals surface area contributed by atoms with Crippen LogP contribution in [0.3, 0.4) is 0 Å². The minimum atomic E-state index is 0.599. The first-order chi connectivity index (χ1) is 7.36. The summed E-state index contributed by atoms with van der Waals surface area (Å²) in [5.74, 6) is 0.852. The molecular weight excluding hydrogens is 188 g/mol. The molecule has 1 fully saturated rings. The van der Waals surface area contributed by atoms with Gasteiger partial charge >= 0.3 is 0 Å². The lowest BCUT2D eigenvalue weighted by molar-refractivity contribution is 0.278. The van der Waals surface area contributed by atoms with Gasteiger partial charge in [0.15, 0.2) is 0 Å². The van der Waals surface area contributed by atoms with E-state index in [1.807, 2.05) is 6.07 Å². The van der Waals surface area contributed by atoms with Crippen LogP contribution in [-0.2, 0) is 6.54 Å². The molecule has 0 amide bonds. The standard InChI is InChI=1S/C12H20N2O/c1-10(11-5-3-2-4-6-11)13-9-12-7-8-15-14-12/h7-8,10-11,13H,2-6,9H2,1H3. The van der Waals surface area contributed by atoms with Gasteiger partial charge in [0.2, 0.25) is 0 Å². The maximum absolute atomic E-state index is 4.80. The maximum atomic E-state index is 4.80. The average molecular weight is 208 g/mol. The van der Waals surface area contributed by atoms with Gasteiger partial charge in [-0.1, -0.05) is 24.4 Å². The van der Waals surface area contributed by atoms with E-state index in [1.165, 1.54) is 32.1 Å². The van der Waals surface area contributed by atoms with E-state index in [4.69, 9.17) is 4.52 Å². The Labute approximate surface area is 91.2 Å². The van der Waals surface area contributed by atoms with Crippen LogP contribution in [0.2, 0.25) is 0 Å². The summed E-state index contributed by atoms with van der Waals surface area (Å²) in [6.45, 7) is 3.12. The number of hydrogen-bond donors (Lipinski definition) is 1. The Balaban J connectivity index is 1.74. The van der Waals surface area contributed by atoms with Crippen molar-refractivity contribution in [1.82, 2.24) is 10.5 Å². The van der Waals surface area contributed by atoms with Gasteiger partial charge in [-0.05, 0) is 25.7 Å². The van der Waals surface area contributed by atoms with Crippen LogP contribution in [-0.4, -0.2) is 11.2 Å². The third-order valence-electron chi connectivity index (χ3n) is 3.45. The molecule has 15 heavy (non-hydrogen) atoms. The van der Waals surface area contributed by atoms with Crippen LogP contribution in [0.4, 0.5) is 0 Å². The van der Waals surface area contributed by atoms with E-state index in [-0.39, 0.29) is 0 Å². The van der Waals surface area contributed by atoms with E-state index in [9.17, 15) is 0 Å². The molecule has 3 nitrogen and oxygen atoms in total. The third kappa shape index (κ3) is 3.06. The molecule has 1 heterocycles. The quantitative estimate of drug-likeness (QED) is 0.826. The molecule has 0 aliphatic heterocycles. The van der Waals surface area contributed by atoms with E-state index in [0.29, 0.717) is 6.04 Å². The molecule has 0 radical (unpaired) electrons. The third-order valence-corrected chi connectivity index (χ3v) is 3.45. The second-order valence-corrected chi connectivity index (χ2v) is 4.56. The zero-order valence-electron chi connectivity index (χ0n) is 9.41. The fourth-order valence-corrected chi connectivity index (χ4v) is 2.40. The van der Waals surface area contributed by atoms with E-state index in [2.05, 4.69) is 17.4 Å². The van der Waals surface area contributed by atoms with E-state index in [0.717, 1.165) is 18.2 Å². The summed E-state index contributed by atoms with van der Waals surface area (Å²) in [7, 11) is 0. The van der Waals surface area contributed by atoms with Crippen LogP contribution in [0.5, 0.6) is 0 Å². The van der Waals surface area contributed by atoms with Crippen LogP contribution in [0.25, 0.3) is 0 Å². The highest BCUT2D eigenvalue weighted by Crippen LogP contribution is 2.26. The van der Waals surface area contributed by atoms with Gasteiger partial charge in [0.1, 0.15) is 6.26 Å². The van der Waals surface area contributed by atoms with Crippen molar-refractivity contribution in [2.75, 3.05) is 0 Å². The topological polar surface area (TPSA) is 38.1 Å². The molecule has 1 aromatic heterocycles. The maximum Gasteiger partial charge on any atom is 0.124 e. The Hall–Kier alpha value is -0.830. The molecule has 0 spiro atoms. The predicted octanol–water partition coefficient (Wildman–Crippen LogP) is 2.73. The lowest BCUT2D eigenvalue weighted by Gasteiger charge is -2.28. The molecule has 1 aliphatic carbocycles. The summed E-state index contributed by atoms with van der Waals surface area (Å²) >= 11 is 0. The highest BCUT2D eigenvalue weighted by atomic mass is 16.5. The Kier molecular flexibility index (Phi) is 3.78. The van der Waals surface area contributed by atoms with Crippen LogP contribution >= 0.6 is 0 Å². The Morgan fingerprint density at radius 1 is 1.47 bits per heavy atom. The molecule has 1 unspecified atom stereocenters. The molecule has 1 aromatic rings. The molecule has 0 aromatic carbocycles. The first kappa shape index (κ1) is 10.7. The second-order valence-electron chi connectivity index (χ2n) is 4.56. The lowest BCUT2D eigenvalue weighted by Crippen LogP contribution is -2.34. The molecule has 1 N–H and O–H groups in total. The molecule has 1 saturated carbocycles. The van der Waals surface area contributed by atoms with Crippen molar-refractivity contribution in [3.63, 3.8) is 0 Å². The normalized spacial score (nSPS) is 20.3. The van der Waals surface area contributed by atoms with Gasteiger partial charge in [-0.15, -0.1) is 0 Å². The summed E-state index contributed by atoms with van der Waals surface area (Å²) < 4.78 is 4.80. The molecule has 84 valence electrons. The lowest BCUT2D eigenvalue weighted by atomic mass is 9.84. The SMILES string of the molecule is CC(NCc1ccon1)C1CCCCC1. The van der Waals surface area contributed by atoms with Crippen LogP contribution in [0.15, 0.2) is 16.9 Å². The van der Waals surface area contributed by atoms with Gasteiger partial charge in [-0.3, -0.25) is 0 Å². The van der Waals surface area contributed by atoms with Crippen molar-refractivity contribution < 1.29 is 4.52 Å². The highest BCUT2D eigenvalue weighted by Gasteiger charge is 2.19. The molecule has 1 atom stereocenters. The zero-order chi connectivity index (χ0) is 10.5. The molecule has 2 rings (SSSR count). The highest BCUT2D eigenvalue weighted by molar-refractivity contribution is 4.95. The van der Waals surface area contributed by atoms with Crippen molar-refractivity contribution in [1.29, 1.82) is 0 Å². The van der Waals surface area contributed by atoms with Gasteiger partial charge in [0, 0.05) is 18.7 Å². The number of nitrogens with one attached hydrogen (secondary N) is 1. The molecule has 0 saturated heterocycles. The first-order valence-corrected chi connectivity index (χ1v) is 5.99. The minimum absolute atomic E-state index is 0.599. The predicted molar refractivity (Wildman–Crippen MR) is 59.4 cm³/mol. The summed E-state index contributed by atoms with van der Waals surface area (Å²) in [6, 6.07) is 2.52. The van der Waals surface area contributed by atoms with E-state index >= 15 is 0 Å². The monoisotopic (exact) mass is 208 g/mol. The Morgan fingerprint density at radius 3 is 2.93 bits per heavy atom. The van der Waals surface area contributed by atoms with Gasteiger partial charge in [-0.25, -0.2) is 0 Å². The molecule has 3 heteroatoms. The average Bonchev–Trinajstić information content (AvgIpc) is 2.80. The summed E-state index contributed by atoms with van der Waals surface area (Å²) in [4.78, 5) is 0. The van der Waals surface area contributed by atoms with Crippen molar-refractivity contribution in [2.24, 2.45) is 5.92 Å². The summed E-state index contributed by atoms with van der Waals surface area (Å²) in [5.41, 5.74) is 0.998. The van der Waals surface area contributed by atoms with E-state index < -0.39 is 0 Å². The smallest absolute Gasteiger partial charge is 0.124 e. The number of nitrogens with zero attached hydrogens (tertiary/aromatic N) is 1. The largest absolute Gasteiger partial charge is 0.364 e. The van der Waals surface area contributed by atoms with Crippen molar-refractivity contribution >= 4 is 0 Å². The number of hydrogen-bond acceptors (Lipinski definition) is 3. The Bertz CT molecular complexity index is 265. The van der Waals surface area contributed by atoms with Crippen LogP contribution < -0.4 is 5.32 Å². The van der Waals surface area contributed by atoms with E-state index in [1.54, 1.807) is 6.26 Å². The fourth-order valence-electron chi connectivity index (χ4n) is 2.40. The molecule has 1 aliphatic rings. The number of aromatic nitrogens is 1. The summed E-state index contributed by atoms with van der Waals surface area (Å²) in [6.07, 6.45) is 8.62. The fraction of sp³-hybridized carbons (Fsp3) is 0.750. The summed E-state index contributed by atoms with van der Waals surface area (Å²) in [5, 5.41) is 7.43. The van der Waals surface area contributed by atoms with Gasteiger partial charge in [-0.2, -0.15) is 0 Å². The van der Waals surface area contributed by atoms with Gasteiger partial charge < -0.3 is 9.84 Å². The molecule has 0 bridgehead atoms. The minimum Gasteiger partial charge on any atom is -0.364 e.